The van der Waals surface area contributed by atoms with Gasteiger partial charge in [0.2, 0.25) is 11.8 Å². The van der Waals surface area contributed by atoms with Crippen LogP contribution in [0.1, 0.15) is 39.0 Å². The van der Waals surface area contributed by atoms with E-state index in [2.05, 4.69) is 5.32 Å². The number of carbonyl (C=O) groups excluding carboxylic acids is 3. The van der Waals surface area contributed by atoms with Crippen molar-refractivity contribution in [3.63, 3.8) is 0 Å². The molecule has 0 aromatic heterocycles. The van der Waals surface area contributed by atoms with E-state index in [1.54, 1.807) is 6.92 Å². The summed E-state index contributed by atoms with van der Waals surface area (Å²) >= 11 is 0. The zero-order chi connectivity index (χ0) is 21.8. The number of para-hydroxylation sites is 2. The van der Waals surface area contributed by atoms with E-state index in [0.717, 1.165) is 50.9 Å². The van der Waals surface area contributed by atoms with E-state index in [9.17, 15) is 14.4 Å². The van der Waals surface area contributed by atoms with E-state index >= 15 is 0 Å². The van der Waals surface area contributed by atoms with Gasteiger partial charge in [-0.2, -0.15) is 0 Å². The third kappa shape index (κ3) is 5.11. The molecular weight excluding hydrogens is 396 g/mol. The van der Waals surface area contributed by atoms with E-state index in [-0.39, 0.29) is 30.3 Å². The summed E-state index contributed by atoms with van der Waals surface area (Å²) in [5, 5.41) is 3.11. The molecule has 3 amide bonds. The largest absolute Gasteiger partial charge is 0.477 e. The molecule has 1 atom stereocenters. The number of piperidine rings is 2. The smallest absolute Gasteiger partial charge is 0.265 e. The highest BCUT2D eigenvalue weighted by molar-refractivity contribution is 5.86. The maximum absolute atomic E-state index is 13.0. The molecule has 0 aliphatic carbocycles. The van der Waals surface area contributed by atoms with Crippen molar-refractivity contribution in [2.75, 3.05) is 44.2 Å². The number of rotatable bonds is 4. The van der Waals surface area contributed by atoms with Gasteiger partial charge in [0.25, 0.3) is 5.91 Å². The van der Waals surface area contributed by atoms with Crippen LogP contribution in [0.2, 0.25) is 0 Å². The number of hydrogen-bond donors (Lipinski definition) is 1. The third-order valence-corrected chi connectivity index (χ3v) is 6.44. The van der Waals surface area contributed by atoms with Gasteiger partial charge in [-0.25, -0.2) is 0 Å². The Morgan fingerprint density at radius 1 is 1.00 bits per heavy atom. The SMILES string of the molecule is CC(=O)N1CCC(NC(=O)CN2CC(C(=O)N3CCCCC3)Oc3ccccc32)CC1. The van der Waals surface area contributed by atoms with Crippen molar-refractivity contribution < 1.29 is 19.1 Å². The summed E-state index contributed by atoms with van der Waals surface area (Å²) in [6.07, 6.45) is 4.16. The highest BCUT2D eigenvalue weighted by Crippen LogP contribution is 2.33. The van der Waals surface area contributed by atoms with E-state index in [1.807, 2.05) is 39.0 Å². The topological polar surface area (TPSA) is 82.2 Å². The Hall–Kier alpha value is -2.77. The van der Waals surface area contributed by atoms with E-state index in [4.69, 9.17) is 4.74 Å². The number of nitrogens with one attached hydrogen (secondary N) is 1. The Morgan fingerprint density at radius 3 is 2.42 bits per heavy atom. The van der Waals surface area contributed by atoms with Gasteiger partial charge >= 0.3 is 0 Å². The van der Waals surface area contributed by atoms with Crippen LogP contribution in [-0.2, 0) is 14.4 Å². The number of carbonyl (C=O) groups is 3. The number of nitrogens with zero attached hydrogens (tertiary/aromatic N) is 3. The summed E-state index contributed by atoms with van der Waals surface area (Å²) in [6.45, 7) is 5.02. The Bertz CT molecular complexity index is 816. The number of fused-ring (bicyclic) bond motifs is 1. The summed E-state index contributed by atoms with van der Waals surface area (Å²) in [5.74, 6) is 0.671. The normalized spacial score (nSPS) is 21.8. The minimum absolute atomic E-state index is 0.0104. The van der Waals surface area contributed by atoms with Gasteiger partial charge < -0.3 is 24.8 Å². The number of ether oxygens (including phenoxy) is 1. The molecule has 3 heterocycles. The Kier molecular flexibility index (Phi) is 6.63. The molecule has 8 nitrogen and oxygen atoms in total. The Balaban J connectivity index is 1.38. The van der Waals surface area contributed by atoms with E-state index in [1.165, 1.54) is 0 Å². The summed E-state index contributed by atoms with van der Waals surface area (Å²) in [7, 11) is 0. The molecule has 3 aliphatic rings. The summed E-state index contributed by atoms with van der Waals surface area (Å²) in [4.78, 5) is 43.0. The molecule has 0 spiro atoms. The molecule has 31 heavy (non-hydrogen) atoms. The molecule has 1 unspecified atom stereocenters. The standard InChI is InChI=1S/C23H32N4O4/c1-17(28)25-13-9-18(10-14-25)24-22(29)16-27-15-21(23(30)26-11-5-2-6-12-26)31-20-8-4-3-7-19(20)27/h3-4,7-8,18,21H,2,5-6,9-16H2,1H3,(H,24,29). The fourth-order valence-electron chi connectivity index (χ4n) is 4.69. The highest BCUT2D eigenvalue weighted by atomic mass is 16.5. The predicted molar refractivity (Wildman–Crippen MR) is 117 cm³/mol. The predicted octanol–water partition coefficient (Wildman–Crippen LogP) is 1.39. The van der Waals surface area contributed by atoms with Crippen LogP contribution in [0, 0.1) is 0 Å². The van der Waals surface area contributed by atoms with E-state index in [0.29, 0.717) is 25.4 Å². The molecule has 0 saturated carbocycles. The van der Waals surface area contributed by atoms with Gasteiger partial charge in [-0.1, -0.05) is 12.1 Å². The second-order valence-corrected chi connectivity index (χ2v) is 8.69. The van der Waals surface area contributed by atoms with Crippen LogP contribution >= 0.6 is 0 Å². The first-order valence-electron chi connectivity index (χ1n) is 11.4. The molecule has 3 aliphatic heterocycles. The molecule has 1 N–H and O–H groups in total. The number of hydrogen-bond acceptors (Lipinski definition) is 5. The van der Waals surface area contributed by atoms with Crippen molar-refractivity contribution in [3.8, 4) is 5.75 Å². The lowest BCUT2D eigenvalue weighted by Gasteiger charge is -2.38. The molecule has 2 saturated heterocycles. The number of anilines is 1. The monoisotopic (exact) mass is 428 g/mol. The zero-order valence-electron chi connectivity index (χ0n) is 18.2. The molecule has 2 fully saturated rings. The summed E-state index contributed by atoms with van der Waals surface area (Å²) < 4.78 is 6.04. The molecule has 0 bridgehead atoms. The van der Waals surface area contributed by atoms with Crippen molar-refractivity contribution >= 4 is 23.4 Å². The highest BCUT2D eigenvalue weighted by Gasteiger charge is 2.35. The van der Waals surface area contributed by atoms with Crippen LogP contribution < -0.4 is 15.0 Å². The van der Waals surface area contributed by atoms with Crippen molar-refractivity contribution in [3.05, 3.63) is 24.3 Å². The van der Waals surface area contributed by atoms with Crippen LogP contribution in [0.5, 0.6) is 5.75 Å². The molecular formula is C23H32N4O4. The van der Waals surface area contributed by atoms with Gasteiger partial charge in [-0.15, -0.1) is 0 Å². The quantitative estimate of drug-likeness (QED) is 0.784. The van der Waals surface area contributed by atoms with Gasteiger partial charge in [0.1, 0.15) is 5.75 Å². The van der Waals surface area contributed by atoms with E-state index < -0.39 is 6.10 Å². The second-order valence-electron chi connectivity index (χ2n) is 8.69. The number of benzene rings is 1. The molecule has 4 rings (SSSR count). The molecule has 1 aromatic carbocycles. The lowest BCUT2D eigenvalue weighted by atomic mass is 10.0. The van der Waals surface area contributed by atoms with Gasteiger partial charge in [-0.3, -0.25) is 14.4 Å². The van der Waals surface area contributed by atoms with Gasteiger partial charge in [0, 0.05) is 39.1 Å². The van der Waals surface area contributed by atoms with Crippen molar-refractivity contribution in [2.24, 2.45) is 0 Å². The Morgan fingerprint density at radius 2 is 1.71 bits per heavy atom. The minimum Gasteiger partial charge on any atom is -0.477 e. The fourth-order valence-corrected chi connectivity index (χ4v) is 4.69. The first-order chi connectivity index (χ1) is 15.0. The zero-order valence-corrected chi connectivity index (χ0v) is 18.2. The molecule has 1 aromatic rings. The van der Waals surface area contributed by atoms with Crippen LogP contribution in [0.25, 0.3) is 0 Å². The minimum atomic E-state index is -0.598. The summed E-state index contributed by atoms with van der Waals surface area (Å²) in [6, 6.07) is 7.65. The van der Waals surface area contributed by atoms with Crippen molar-refractivity contribution in [1.82, 2.24) is 15.1 Å². The van der Waals surface area contributed by atoms with Crippen LogP contribution in [0.3, 0.4) is 0 Å². The third-order valence-electron chi connectivity index (χ3n) is 6.44. The molecule has 168 valence electrons. The first-order valence-corrected chi connectivity index (χ1v) is 11.4. The van der Waals surface area contributed by atoms with Gasteiger partial charge in [-0.05, 0) is 44.2 Å². The summed E-state index contributed by atoms with van der Waals surface area (Å²) in [5.41, 5.74) is 0.840. The Labute approximate surface area is 183 Å². The number of amides is 3. The van der Waals surface area contributed by atoms with Gasteiger partial charge in [0.15, 0.2) is 6.10 Å². The van der Waals surface area contributed by atoms with Crippen LogP contribution in [0.4, 0.5) is 5.69 Å². The lowest BCUT2D eigenvalue weighted by Crippen LogP contribution is -2.54. The van der Waals surface area contributed by atoms with Gasteiger partial charge in [0.05, 0.1) is 18.8 Å². The fraction of sp³-hybridized carbons (Fsp3) is 0.609. The molecule has 0 radical (unpaired) electrons. The van der Waals surface area contributed by atoms with Crippen LogP contribution in [-0.4, -0.2) is 78.9 Å². The van der Waals surface area contributed by atoms with Crippen molar-refractivity contribution in [2.45, 2.75) is 51.2 Å². The van der Waals surface area contributed by atoms with Crippen LogP contribution in [0.15, 0.2) is 24.3 Å². The second kappa shape index (κ2) is 9.58. The maximum atomic E-state index is 13.0. The molecule has 8 heteroatoms. The average Bonchev–Trinajstić information content (AvgIpc) is 2.79. The average molecular weight is 429 g/mol. The number of likely N-dealkylation sites (tertiary alicyclic amines) is 2. The maximum Gasteiger partial charge on any atom is 0.265 e. The van der Waals surface area contributed by atoms with Crippen molar-refractivity contribution in [1.29, 1.82) is 0 Å². The first kappa shape index (κ1) is 21.5. The lowest BCUT2D eigenvalue weighted by molar-refractivity contribution is -0.139.